The van der Waals surface area contributed by atoms with Gasteiger partial charge in [-0.3, -0.25) is 9.69 Å². The molecule has 0 bridgehead atoms. The Kier molecular flexibility index (Phi) is 4.00. The van der Waals surface area contributed by atoms with Gasteiger partial charge in [-0.25, -0.2) is 0 Å². The number of rotatable bonds is 6. The molecule has 3 nitrogen and oxygen atoms in total. The Bertz CT molecular complexity index is 376. The molecule has 0 unspecified atom stereocenters. The van der Waals surface area contributed by atoms with Crippen molar-refractivity contribution in [2.45, 2.75) is 19.4 Å². The molecule has 0 saturated heterocycles. The quantitative estimate of drug-likeness (QED) is 0.878. The van der Waals surface area contributed by atoms with E-state index in [4.69, 9.17) is 5.11 Å². The smallest absolute Gasteiger partial charge is 0.317 e. The summed E-state index contributed by atoms with van der Waals surface area (Å²) in [4.78, 5) is 14.0. The number of halogens is 1. The van der Waals surface area contributed by atoms with Crippen LogP contribution >= 0.6 is 27.3 Å². The van der Waals surface area contributed by atoms with Crippen molar-refractivity contribution in [1.82, 2.24) is 4.90 Å². The Labute approximate surface area is 107 Å². The lowest BCUT2D eigenvalue weighted by molar-refractivity contribution is -0.138. The first-order valence-electron chi connectivity index (χ1n) is 5.30. The summed E-state index contributed by atoms with van der Waals surface area (Å²) >= 11 is 5.08. The van der Waals surface area contributed by atoms with Gasteiger partial charge in [0.05, 0.1) is 6.54 Å². The van der Waals surface area contributed by atoms with Crippen molar-refractivity contribution in [3.8, 4) is 0 Å². The van der Waals surface area contributed by atoms with Gasteiger partial charge in [0, 0.05) is 27.8 Å². The van der Waals surface area contributed by atoms with Gasteiger partial charge in [0.15, 0.2) is 0 Å². The molecule has 1 saturated carbocycles. The maximum atomic E-state index is 10.8. The first-order chi connectivity index (χ1) is 7.63. The van der Waals surface area contributed by atoms with Crippen molar-refractivity contribution in [3.63, 3.8) is 0 Å². The molecule has 1 aromatic rings. The van der Waals surface area contributed by atoms with E-state index in [9.17, 15) is 4.79 Å². The van der Waals surface area contributed by atoms with Gasteiger partial charge in [-0.05, 0) is 40.8 Å². The molecule has 0 radical (unpaired) electrons. The van der Waals surface area contributed by atoms with E-state index < -0.39 is 5.97 Å². The fourth-order valence-corrected chi connectivity index (χ4v) is 3.19. The molecule has 5 heteroatoms. The zero-order valence-electron chi connectivity index (χ0n) is 8.86. The summed E-state index contributed by atoms with van der Waals surface area (Å²) in [6.07, 6.45) is 2.51. The predicted octanol–water partition coefficient (Wildman–Crippen LogP) is 2.81. The Morgan fingerprint density at radius 1 is 1.62 bits per heavy atom. The number of hydrogen-bond acceptors (Lipinski definition) is 3. The number of hydrogen-bond donors (Lipinski definition) is 1. The number of nitrogens with zero attached hydrogens (tertiary/aromatic N) is 1. The van der Waals surface area contributed by atoms with Crippen molar-refractivity contribution in [3.05, 3.63) is 20.8 Å². The molecular weight excluding hydrogens is 290 g/mol. The molecule has 0 amide bonds. The van der Waals surface area contributed by atoms with E-state index in [1.54, 1.807) is 11.3 Å². The summed E-state index contributed by atoms with van der Waals surface area (Å²) in [5.41, 5.74) is 0. The molecule has 0 aliphatic heterocycles. The summed E-state index contributed by atoms with van der Waals surface area (Å²) in [6, 6.07) is 2.06. The van der Waals surface area contributed by atoms with Crippen LogP contribution in [0.5, 0.6) is 0 Å². The van der Waals surface area contributed by atoms with Crippen molar-refractivity contribution in [2.24, 2.45) is 5.92 Å². The van der Waals surface area contributed by atoms with E-state index in [-0.39, 0.29) is 6.54 Å². The second-order valence-electron chi connectivity index (χ2n) is 4.24. The Balaban J connectivity index is 1.91. The van der Waals surface area contributed by atoms with Gasteiger partial charge in [0.1, 0.15) is 0 Å². The van der Waals surface area contributed by atoms with Crippen LogP contribution in [-0.2, 0) is 11.3 Å². The zero-order valence-corrected chi connectivity index (χ0v) is 11.3. The first kappa shape index (κ1) is 12.1. The number of carboxylic acids is 1. The monoisotopic (exact) mass is 303 g/mol. The lowest BCUT2D eigenvalue weighted by Gasteiger charge is -2.18. The lowest BCUT2D eigenvalue weighted by atomic mass is 10.3. The molecule has 0 aromatic carbocycles. The zero-order chi connectivity index (χ0) is 11.5. The van der Waals surface area contributed by atoms with Crippen molar-refractivity contribution >= 4 is 33.2 Å². The number of carbonyl (C=O) groups is 1. The number of carboxylic acid groups (broad SMARTS) is 1. The maximum Gasteiger partial charge on any atom is 0.317 e. The van der Waals surface area contributed by atoms with E-state index in [1.807, 2.05) is 10.3 Å². The summed E-state index contributed by atoms with van der Waals surface area (Å²) in [7, 11) is 0. The molecule has 1 N–H and O–H groups in total. The van der Waals surface area contributed by atoms with Gasteiger partial charge >= 0.3 is 5.97 Å². The van der Waals surface area contributed by atoms with Gasteiger partial charge in [-0.1, -0.05) is 0 Å². The standard InChI is InChI=1S/C11H14BrNO2S/c12-9-3-10(16-7-9)5-13(6-11(14)15)4-8-1-2-8/h3,7-8H,1-2,4-6H2,(H,14,15). The molecule has 1 aromatic heterocycles. The molecule has 2 rings (SSSR count). The third-order valence-electron chi connectivity index (χ3n) is 2.57. The highest BCUT2D eigenvalue weighted by atomic mass is 79.9. The first-order valence-corrected chi connectivity index (χ1v) is 6.98. The molecule has 0 atom stereocenters. The van der Waals surface area contributed by atoms with E-state index in [2.05, 4.69) is 22.0 Å². The summed E-state index contributed by atoms with van der Waals surface area (Å²) in [5.74, 6) is -0.0148. The molecule has 16 heavy (non-hydrogen) atoms. The topological polar surface area (TPSA) is 40.5 Å². The third kappa shape index (κ3) is 3.88. The van der Waals surface area contributed by atoms with Gasteiger partial charge in [-0.2, -0.15) is 0 Å². The normalized spacial score (nSPS) is 15.6. The fraction of sp³-hybridized carbons (Fsp3) is 0.545. The van der Waals surface area contributed by atoms with Crippen molar-refractivity contribution < 1.29 is 9.90 Å². The Morgan fingerprint density at radius 3 is 2.88 bits per heavy atom. The maximum absolute atomic E-state index is 10.8. The molecule has 0 spiro atoms. The van der Waals surface area contributed by atoms with E-state index in [0.29, 0.717) is 0 Å². The third-order valence-corrected chi connectivity index (χ3v) is 4.26. The Morgan fingerprint density at radius 2 is 2.38 bits per heavy atom. The minimum atomic E-state index is -0.740. The van der Waals surface area contributed by atoms with Crippen LogP contribution in [0.4, 0.5) is 0 Å². The van der Waals surface area contributed by atoms with Crippen LogP contribution in [0.25, 0.3) is 0 Å². The average molecular weight is 304 g/mol. The van der Waals surface area contributed by atoms with E-state index in [1.165, 1.54) is 17.7 Å². The summed E-state index contributed by atoms with van der Waals surface area (Å²) in [5, 5.41) is 10.9. The van der Waals surface area contributed by atoms with Gasteiger partial charge in [-0.15, -0.1) is 11.3 Å². The second-order valence-corrected chi connectivity index (χ2v) is 6.15. The largest absolute Gasteiger partial charge is 0.480 e. The highest BCUT2D eigenvalue weighted by Gasteiger charge is 2.25. The second kappa shape index (κ2) is 5.29. The fourth-order valence-electron chi connectivity index (χ4n) is 1.70. The van der Waals surface area contributed by atoms with Crippen LogP contribution < -0.4 is 0 Å². The lowest BCUT2D eigenvalue weighted by Crippen LogP contribution is -2.30. The highest BCUT2D eigenvalue weighted by Crippen LogP contribution is 2.30. The average Bonchev–Trinajstić information content (AvgIpc) is 2.89. The molecule has 88 valence electrons. The van der Waals surface area contributed by atoms with Crippen LogP contribution in [0.15, 0.2) is 15.9 Å². The van der Waals surface area contributed by atoms with E-state index in [0.717, 1.165) is 23.5 Å². The molecule has 1 aliphatic rings. The molecule has 1 heterocycles. The predicted molar refractivity (Wildman–Crippen MR) is 67.7 cm³/mol. The molecule has 1 fully saturated rings. The van der Waals surface area contributed by atoms with Crippen LogP contribution in [0, 0.1) is 5.92 Å². The van der Waals surface area contributed by atoms with Gasteiger partial charge in [0.25, 0.3) is 0 Å². The van der Waals surface area contributed by atoms with Crippen LogP contribution in [0.2, 0.25) is 0 Å². The minimum absolute atomic E-state index is 0.145. The van der Waals surface area contributed by atoms with E-state index >= 15 is 0 Å². The van der Waals surface area contributed by atoms with Gasteiger partial charge in [0.2, 0.25) is 0 Å². The SMILES string of the molecule is O=C(O)CN(Cc1cc(Br)cs1)CC1CC1. The van der Waals surface area contributed by atoms with Crippen LogP contribution in [0.3, 0.4) is 0 Å². The van der Waals surface area contributed by atoms with Crippen molar-refractivity contribution in [1.29, 1.82) is 0 Å². The van der Waals surface area contributed by atoms with Crippen molar-refractivity contribution in [2.75, 3.05) is 13.1 Å². The highest BCUT2D eigenvalue weighted by molar-refractivity contribution is 9.10. The minimum Gasteiger partial charge on any atom is -0.480 e. The molecular formula is C11H14BrNO2S. The Hall–Kier alpha value is -0.390. The number of aliphatic carboxylic acids is 1. The summed E-state index contributed by atoms with van der Waals surface area (Å²) in [6.45, 7) is 1.81. The summed E-state index contributed by atoms with van der Waals surface area (Å²) < 4.78 is 1.08. The molecule has 1 aliphatic carbocycles. The van der Waals surface area contributed by atoms with Crippen LogP contribution in [0.1, 0.15) is 17.7 Å². The van der Waals surface area contributed by atoms with Gasteiger partial charge < -0.3 is 5.11 Å². The van der Waals surface area contributed by atoms with Crippen LogP contribution in [-0.4, -0.2) is 29.1 Å². The number of thiophene rings is 1.